The van der Waals surface area contributed by atoms with Crippen LogP contribution >= 0.6 is 0 Å². The van der Waals surface area contributed by atoms with Crippen LogP contribution in [-0.2, 0) is 11.2 Å². The lowest BCUT2D eigenvalue weighted by molar-refractivity contribution is 0.0355. The summed E-state index contributed by atoms with van der Waals surface area (Å²) in [6.07, 6.45) is 2.94. The monoisotopic (exact) mass is 394 g/mol. The summed E-state index contributed by atoms with van der Waals surface area (Å²) in [7, 11) is 1.83. The molecule has 1 fully saturated rings. The summed E-state index contributed by atoms with van der Waals surface area (Å²) in [6.45, 7) is 5.48. The Morgan fingerprint density at radius 3 is 2.31 bits per heavy atom. The normalized spacial score (nSPS) is 17.5. The second-order valence-electron chi connectivity index (χ2n) is 7.76. The van der Waals surface area contributed by atoms with Crippen molar-refractivity contribution in [3.63, 3.8) is 0 Å². The minimum atomic E-state index is -0.00937. The van der Waals surface area contributed by atoms with Gasteiger partial charge in [-0.25, -0.2) is 0 Å². The fraction of sp³-hybridized carbons (Fsp3) is 0.458. The van der Waals surface area contributed by atoms with E-state index in [0.29, 0.717) is 0 Å². The van der Waals surface area contributed by atoms with Crippen LogP contribution in [0, 0.1) is 0 Å². The zero-order valence-corrected chi connectivity index (χ0v) is 17.7. The maximum atomic E-state index is 5.65. The quantitative estimate of drug-likeness (QED) is 0.475. The lowest BCUT2D eigenvalue weighted by atomic mass is 9.88. The molecule has 1 aliphatic heterocycles. The topological polar surface area (TPSA) is 57.7 Å². The van der Waals surface area contributed by atoms with E-state index in [1.165, 1.54) is 11.1 Å². The average molecular weight is 395 g/mol. The van der Waals surface area contributed by atoms with Gasteiger partial charge in [0.15, 0.2) is 5.96 Å². The van der Waals surface area contributed by atoms with Crippen LogP contribution in [0.2, 0.25) is 0 Å². The molecule has 0 radical (unpaired) electrons. The Kier molecular flexibility index (Phi) is 8.08. The van der Waals surface area contributed by atoms with Gasteiger partial charge in [0.05, 0.1) is 0 Å². The van der Waals surface area contributed by atoms with Gasteiger partial charge in [-0.1, -0.05) is 60.7 Å². The van der Waals surface area contributed by atoms with E-state index < -0.39 is 0 Å². The molecule has 0 saturated carbocycles. The SMILES string of the molecule is CN=C(NCCc1ccccc1)NCC1(NC(C)c2ccccc2)CCOCC1. The molecule has 2 aromatic carbocycles. The molecule has 1 unspecified atom stereocenters. The number of benzene rings is 2. The van der Waals surface area contributed by atoms with Gasteiger partial charge in [-0.2, -0.15) is 0 Å². The summed E-state index contributed by atoms with van der Waals surface area (Å²) in [4.78, 5) is 4.41. The molecule has 0 aromatic heterocycles. The van der Waals surface area contributed by atoms with E-state index in [2.05, 4.69) is 82.5 Å². The first kappa shape index (κ1) is 21.3. The predicted octanol–water partition coefficient (Wildman–Crippen LogP) is 3.29. The van der Waals surface area contributed by atoms with Crippen LogP contribution in [-0.4, -0.2) is 44.8 Å². The molecule has 1 aliphatic rings. The van der Waals surface area contributed by atoms with E-state index >= 15 is 0 Å². The first-order valence-electron chi connectivity index (χ1n) is 10.6. The van der Waals surface area contributed by atoms with Gasteiger partial charge in [0.2, 0.25) is 0 Å². The third-order valence-corrected chi connectivity index (χ3v) is 5.64. The minimum Gasteiger partial charge on any atom is -0.381 e. The Hall–Kier alpha value is -2.37. The molecule has 1 saturated heterocycles. The predicted molar refractivity (Wildman–Crippen MR) is 120 cm³/mol. The van der Waals surface area contributed by atoms with Crippen molar-refractivity contribution in [2.24, 2.45) is 4.99 Å². The van der Waals surface area contributed by atoms with Crippen molar-refractivity contribution >= 4 is 5.96 Å². The zero-order valence-electron chi connectivity index (χ0n) is 17.7. The van der Waals surface area contributed by atoms with Gasteiger partial charge in [-0.05, 0) is 37.3 Å². The fourth-order valence-electron chi connectivity index (χ4n) is 3.86. The van der Waals surface area contributed by atoms with Gasteiger partial charge >= 0.3 is 0 Å². The van der Waals surface area contributed by atoms with Gasteiger partial charge in [0.25, 0.3) is 0 Å². The number of rotatable bonds is 8. The van der Waals surface area contributed by atoms with Crippen molar-refractivity contribution in [2.45, 2.75) is 37.8 Å². The van der Waals surface area contributed by atoms with Crippen molar-refractivity contribution < 1.29 is 4.74 Å². The van der Waals surface area contributed by atoms with Crippen molar-refractivity contribution in [3.05, 3.63) is 71.8 Å². The molecule has 0 amide bonds. The fourth-order valence-corrected chi connectivity index (χ4v) is 3.86. The van der Waals surface area contributed by atoms with Gasteiger partial charge in [0, 0.05) is 44.9 Å². The summed E-state index contributed by atoms with van der Waals surface area (Å²) in [6, 6.07) is 21.4. The lowest BCUT2D eigenvalue weighted by Gasteiger charge is -2.41. The van der Waals surface area contributed by atoms with E-state index in [1.807, 2.05) is 13.1 Å². The highest BCUT2D eigenvalue weighted by atomic mass is 16.5. The summed E-state index contributed by atoms with van der Waals surface area (Å²) in [5.41, 5.74) is 2.63. The third-order valence-electron chi connectivity index (χ3n) is 5.64. The number of nitrogens with one attached hydrogen (secondary N) is 3. The molecule has 156 valence electrons. The highest BCUT2D eigenvalue weighted by Gasteiger charge is 2.34. The highest BCUT2D eigenvalue weighted by molar-refractivity contribution is 5.79. The van der Waals surface area contributed by atoms with Crippen molar-refractivity contribution in [1.29, 1.82) is 0 Å². The largest absolute Gasteiger partial charge is 0.381 e. The standard InChI is InChI=1S/C24H34N4O/c1-20(22-11-7-4-8-12-22)28-24(14-17-29-18-15-24)19-27-23(25-2)26-16-13-21-9-5-3-6-10-21/h3-12,20,28H,13-19H2,1-2H3,(H2,25,26,27). The first-order chi connectivity index (χ1) is 14.2. The first-order valence-corrected chi connectivity index (χ1v) is 10.6. The van der Waals surface area contributed by atoms with Crippen molar-refractivity contribution in [3.8, 4) is 0 Å². The molecule has 1 heterocycles. The van der Waals surface area contributed by atoms with Crippen molar-refractivity contribution in [2.75, 3.05) is 33.4 Å². The van der Waals surface area contributed by atoms with Crippen molar-refractivity contribution in [1.82, 2.24) is 16.0 Å². The Morgan fingerprint density at radius 1 is 1.00 bits per heavy atom. The minimum absolute atomic E-state index is 0.00937. The number of guanidine groups is 1. The maximum absolute atomic E-state index is 5.65. The van der Waals surface area contributed by atoms with Gasteiger partial charge in [0.1, 0.15) is 0 Å². The Morgan fingerprint density at radius 2 is 1.66 bits per heavy atom. The maximum Gasteiger partial charge on any atom is 0.191 e. The highest BCUT2D eigenvalue weighted by Crippen LogP contribution is 2.25. The molecule has 2 aromatic rings. The van der Waals surface area contributed by atoms with E-state index in [-0.39, 0.29) is 11.6 Å². The van der Waals surface area contributed by atoms with Crippen LogP contribution in [0.3, 0.4) is 0 Å². The molecule has 3 N–H and O–H groups in total. The molecule has 3 rings (SSSR count). The third kappa shape index (κ3) is 6.58. The molecule has 5 heteroatoms. The van der Waals surface area contributed by atoms with Gasteiger partial charge < -0.3 is 20.7 Å². The van der Waals surface area contributed by atoms with E-state index in [9.17, 15) is 0 Å². The Labute approximate surface area is 175 Å². The summed E-state index contributed by atoms with van der Waals surface area (Å²) in [5, 5.41) is 10.9. The zero-order chi connectivity index (χ0) is 20.4. The number of nitrogens with zero attached hydrogens (tertiary/aromatic N) is 1. The number of aliphatic imine (C=N–C) groups is 1. The summed E-state index contributed by atoms with van der Waals surface area (Å²) >= 11 is 0. The van der Waals surface area contributed by atoms with Crippen LogP contribution in [0.4, 0.5) is 0 Å². The molecule has 29 heavy (non-hydrogen) atoms. The molecule has 0 aliphatic carbocycles. The smallest absolute Gasteiger partial charge is 0.191 e. The molecule has 5 nitrogen and oxygen atoms in total. The van der Waals surface area contributed by atoms with E-state index in [0.717, 1.165) is 51.5 Å². The Bertz CT molecular complexity index is 742. The molecule has 0 bridgehead atoms. The number of hydrogen-bond acceptors (Lipinski definition) is 3. The van der Waals surface area contributed by atoms with Crippen LogP contribution in [0.15, 0.2) is 65.7 Å². The average Bonchev–Trinajstić information content (AvgIpc) is 2.78. The van der Waals surface area contributed by atoms with Gasteiger partial charge in [-0.15, -0.1) is 0 Å². The molecular formula is C24H34N4O. The van der Waals surface area contributed by atoms with Crippen LogP contribution in [0.1, 0.15) is 36.9 Å². The van der Waals surface area contributed by atoms with E-state index in [1.54, 1.807) is 0 Å². The molecule has 0 spiro atoms. The molecular weight excluding hydrogens is 360 g/mol. The lowest BCUT2D eigenvalue weighted by Crippen LogP contribution is -2.58. The second-order valence-corrected chi connectivity index (χ2v) is 7.76. The van der Waals surface area contributed by atoms with Crippen LogP contribution in [0.25, 0.3) is 0 Å². The number of ether oxygens (including phenoxy) is 1. The van der Waals surface area contributed by atoms with Crippen LogP contribution in [0.5, 0.6) is 0 Å². The van der Waals surface area contributed by atoms with E-state index in [4.69, 9.17) is 4.74 Å². The van der Waals surface area contributed by atoms with Crippen LogP contribution < -0.4 is 16.0 Å². The van der Waals surface area contributed by atoms with Gasteiger partial charge in [-0.3, -0.25) is 4.99 Å². The summed E-state index contributed by atoms with van der Waals surface area (Å²) in [5.74, 6) is 0.848. The Balaban J connectivity index is 1.54. The second kappa shape index (κ2) is 11.0. The number of hydrogen-bond donors (Lipinski definition) is 3. The molecule has 1 atom stereocenters. The summed E-state index contributed by atoms with van der Waals surface area (Å²) < 4.78 is 5.65.